The quantitative estimate of drug-likeness (QED) is 0.879. The van der Waals surface area contributed by atoms with E-state index in [1.807, 2.05) is 31.3 Å². The van der Waals surface area contributed by atoms with Crippen LogP contribution in [0.5, 0.6) is 0 Å². The van der Waals surface area contributed by atoms with Crippen LogP contribution in [0.2, 0.25) is 5.02 Å². The first-order valence-electron chi connectivity index (χ1n) is 5.84. The summed E-state index contributed by atoms with van der Waals surface area (Å²) < 4.78 is 1.68. The minimum Gasteiger partial charge on any atom is -0.310 e. The predicted molar refractivity (Wildman–Crippen MR) is 77.6 cm³/mol. The number of amides is 1. The summed E-state index contributed by atoms with van der Waals surface area (Å²) >= 11 is 7.84. The van der Waals surface area contributed by atoms with Crippen molar-refractivity contribution >= 4 is 35.1 Å². The van der Waals surface area contributed by atoms with Crippen LogP contribution in [0.25, 0.3) is 0 Å². The second kappa shape index (κ2) is 4.90. The Morgan fingerprint density at radius 3 is 3.00 bits per heavy atom. The molecule has 0 saturated heterocycles. The van der Waals surface area contributed by atoms with E-state index in [0.717, 1.165) is 16.9 Å². The van der Waals surface area contributed by atoms with Crippen molar-refractivity contribution in [1.82, 2.24) is 9.78 Å². The Balaban J connectivity index is 2.12. The van der Waals surface area contributed by atoms with Crippen molar-refractivity contribution in [1.29, 1.82) is 0 Å². The maximum atomic E-state index is 11.8. The van der Waals surface area contributed by atoms with Gasteiger partial charge in [-0.2, -0.15) is 5.10 Å². The molecule has 0 bridgehead atoms. The van der Waals surface area contributed by atoms with E-state index in [9.17, 15) is 4.79 Å². The molecule has 4 nitrogen and oxygen atoms in total. The van der Waals surface area contributed by atoms with Crippen LogP contribution in [0.4, 0.5) is 5.82 Å². The van der Waals surface area contributed by atoms with E-state index in [4.69, 9.17) is 11.6 Å². The molecule has 0 fully saturated rings. The first kappa shape index (κ1) is 12.6. The molecule has 1 aromatic carbocycles. The summed E-state index contributed by atoms with van der Waals surface area (Å²) in [5.74, 6) is 1.15. The van der Waals surface area contributed by atoms with Crippen molar-refractivity contribution in [2.24, 2.45) is 7.05 Å². The molecular weight excluding hydrogens is 282 g/mol. The summed E-state index contributed by atoms with van der Waals surface area (Å²) in [5.41, 5.74) is 2.01. The largest absolute Gasteiger partial charge is 0.310 e. The molecule has 0 saturated carbocycles. The van der Waals surface area contributed by atoms with E-state index in [0.29, 0.717) is 10.8 Å². The van der Waals surface area contributed by atoms with Gasteiger partial charge >= 0.3 is 0 Å². The average molecular weight is 294 g/mol. The van der Waals surface area contributed by atoms with Gasteiger partial charge in [-0.3, -0.25) is 9.48 Å². The Morgan fingerprint density at radius 1 is 1.42 bits per heavy atom. The van der Waals surface area contributed by atoms with Gasteiger partial charge in [0.1, 0.15) is 5.82 Å². The van der Waals surface area contributed by atoms with E-state index in [2.05, 4.69) is 10.4 Å². The number of rotatable bonds is 1. The SMILES string of the molecule is Cn1ncc2c1NC(=O)CS[C@@H]2c1ccccc1Cl. The smallest absolute Gasteiger partial charge is 0.235 e. The standard InChI is InChI=1S/C13H12ClN3OS/c1-17-13-9(6-15-17)12(19-7-11(18)16-13)8-4-2-3-5-10(8)14/h2-6,12H,7H2,1H3,(H,16,18)/t12-/m1/s1. The minimum atomic E-state index is -0.00981. The van der Waals surface area contributed by atoms with Gasteiger partial charge in [0.15, 0.2) is 0 Å². The molecule has 1 aliphatic heterocycles. The van der Waals surface area contributed by atoms with Gasteiger partial charge in [0.25, 0.3) is 0 Å². The zero-order chi connectivity index (χ0) is 13.4. The van der Waals surface area contributed by atoms with Crippen LogP contribution in [0, 0.1) is 0 Å². The molecule has 1 atom stereocenters. The van der Waals surface area contributed by atoms with Crippen LogP contribution in [-0.2, 0) is 11.8 Å². The number of hydrogen-bond acceptors (Lipinski definition) is 3. The third-order valence-corrected chi connectivity index (χ3v) is 4.69. The van der Waals surface area contributed by atoms with Crippen molar-refractivity contribution in [2.75, 3.05) is 11.1 Å². The zero-order valence-corrected chi connectivity index (χ0v) is 11.8. The number of carbonyl (C=O) groups is 1. The lowest BCUT2D eigenvalue weighted by molar-refractivity contribution is -0.113. The van der Waals surface area contributed by atoms with Crippen LogP contribution in [0.15, 0.2) is 30.5 Å². The third kappa shape index (κ3) is 2.24. The summed E-state index contributed by atoms with van der Waals surface area (Å²) in [4.78, 5) is 11.8. The zero-order valence-electron chi connectivity index (χ0n) is 10.3. The van der Waals surface area contributed by atoms with Crippen molar-refractivity contribution in [2.45, 2.75) is 5.25 Å². The van der Waals surface area contributed by atoms with E-state index in [1.165, 1.54) is 0 Å². The molecule has 1 aliphatic rings. The Kier molecular flexibility index (Phi) is 3.24. The lowest BCUT2D eigenvalue weighted by atomic mass is 10.1. The highest BCUT2D eigenvalue weighted by Gasteiger charge is 2.27. The Bertz CT molecular complexity index is 641. The van der Waals surface area contributed by atoms with Gasteiger partial charge in [-0.15, -0.1) is 11.8 Å². The minimum absolute atomic E-state index is 0.00981. The molecule has 1 amide bonds. The molecule has 19 heavy (non-hydrogen) atoms. The second-order valence-corrected chi connectivity index (χ2v) is 5.83. The highest BCUT2D eigenvalue weighted by atomic mass is 35.5. The maximum Gasteiger partial charge on any atom is 0.235 e. The average Bonchev–Trinajstić information content (AvgIpc) is 2.66. The number of aryl methyl sites for hydroxylation is 1. The van der Waals surface area contributed by atoms with Crippen LogP contribution >= 0.6 is 23.4 Å². The molecule has 6 heteroatoms. The number of anilines is 1. The molecular formula is C13H12ClN3OS. The van der Waals surface area contributed by atoms with Gasteiger partial charge in [0.05, 0.1) is 17.2 Å². The maximum absolute atomic E-state index is 11.8. The van der Waals surface area contributed by atoms with Crippen molar-refractivity contribution in [3.63, 3.8) is 0 Å². The Hall–Kier alpha value is -1.46. The number of benzene rings is 1. The van der Waals surface area contributed by atoms with Gasteiger partial charge in [0.2, 0.25) is 5.91 Å². The lowest BCUT2D eigenvalue weighted by Gasteiger charge is -2.15. The van der Waals surface area contributed by atoms with Crippen LogP contribution in [0.3, 0.4) is 0 Å². The molecule has 0 spiro atoms. The van der Waals surface area contributed by atoms with Crippen molar-refractivity contribution < 1.29 is 4.79 Å². The number of fused-ring (bicyclic) bond motifs is 1. The van der Waals surface area contributed by atoms with Crippen LogP contribution in [0.1, 0.15) is 16.4 Å². The van der Waals surface area contributed by atoms with Crippen molar-refractivity contribution in [3.8, 4) is 0 Å². The first-order valence-corrected chi connectivity index (χ1v) is 7.27. The number of nitrogens with one attached hydrogen (secondary N) is 1. The molecule has 0 radical (unpaired) electrons. The Labute approximate surface area is 120 Å². The monoisotopic (exact) mass is 293 g/mol. The fourth-order valence-corrected chi connectivity index (χ4v) is 3.60. The normalized spacial score (nSPS) is 18.6. The van der Waals surface area contributed by atoms with Gasteiger partial charge < -0.3 is 5.32 Å². The summed E-state index contributed by atoms with van der Waals surface area (Å²) in [7, 11) is 1.82. The number of aromatic nitrogens is 2. The van der Waals surface area contributed by atoms with Crippen molar-refractivity contribution in [3.05, 3.63) is 46.6 Å². The molecule has 2 aromatic rings. The summed E-state index contributed by atoms with van der Waals surface area (Å²) in [6, 6.07) is 7.72. The number of hydrogen-bond donors (Lipinski definition) is 1. The van der Waals surface area contributed by atoms with Gasteiger partial charge in [-0.1, -0.05) is 29.8 Å². The van der Waals surface area contributed by atoms with Crippen LogP contribution in [-0.4, -0.2) is 21.4 Å². The van der Waals surface area contributed by atoms with Crippen LogP contribution < -0.4 is 5.32 Å². The summed E-state index contributed by atoms with van der Waals surface area (Å²) in [6.07, 6.45) is 1.79. The highest BCUT2D eigenvalue weighted by molar-refractivity contribution is 8.00. The third-order valence-electron chi connectivity index (χ3n) is 3.08. The molecule has 2 heterocycles. The topological polar surface area (TPSA) is 46.9 Å². The van der Waals surface area contributed by atoms with E-state index < -0.39 is 0 Å². The van der Waals surface area contributed by atoms with Gasteiger partial charge in [-0.25, -0.2) is 0 Å². The molecule has 1 aromatic heterocycles. The number of carbonyl (C=O) groups excluding carboxylic acids is 1. The molecule has 0 aliphatic carbocycles. The fraction of sp³-hybridized carbons (Fsp3) is 0.231. The van der Waals surface area contributed by atoms with E-state index in [1.54, 1.807) is 22.6 Å². The predicted octanol–water partition coefficient (Wildman–Crippen LogP) is 2.85. The summed E-state index contributed by atoms with van der Waals surface area (Å²) in [6.45, 7) is 0. The number of nitrogens with zero attached hydrogens (tertiary/aromatic N) is 2. The fourth-order valence-electron chi connectivity index (χ4n) is 2.16. The van der Waals surface area contributed by atoms with Gasteiger partial charge in [0, 0.05) is 17.6 Å². The second-order valence-electron chi connectivity index (χ2n) is 4.33. The highest BCUT2D eigenvalue weighted by Crippen LogP contribution is 2.43. The molecule has 1 N–H and O–H groups in total. The van der Waals surface area contributed by atoms with E-state index >= 15 is 0 Å². The Morgan fingerprint density at radius 2 is 2.21 bits per heavy atom. The lowest BCUT2D eigenvalue weighted by Crippen LogP contribution is -2.15. The number of halogens is 1. The van der Waals surface area contributed by atoms with Gasteiger partial charge in [-0.05, 0) is 11.6 Å². The summed E-state index contributed by atoms with van der Waals surface area (Å²) in [5, 5.41) is 7.85. The van der Waals surface area contributed by atoms with E-state index in [-0.39, 0.29) is 11.2 Å². The number of thioether (sulfide) groups is 1. The molecule has 3 rings (SSSR count). The first-order chi connectivity index (χ1) is 9.16. The molecule has 98 valence electrons. The molecule has 0 unspecified atom stereocenters.